The zero-order chi connectivity index (χ0) is 67.6. The molecule has 96 heavy (non-hydrogen) atoms. The van der Waals surface area contributed by atoms with Crippen LogP contribution < -0.4 is 9.47 Å². The van der Waals surface area contributed by atoms with E-state index in [-0.39, 0.29) is 0 Å². The molecule has 0 N–H and O–H groups in total. The third-order valence-electron chi connectivity index (χ3n) is 20.1. The first-order valence-corrected chi connectivity index (χ1v) is 42.5. The van der Waals surface area contributed by atoms with Gasteiger partial charge in [-0.1, -0.05) is 286 Å². The summed E-state index contributed by atoms with van der Waals surface area (Å²) in [6, 6.07) is 35.9. The Balaban J connectivity index is 1.07. The molecule has 0 aliphatic rings. The highest BCUT2D eigenvalue weighted by Crippen LogP contribution is 2.53. The van der Waals surface area contributed by atoms with Crippen LogP contribution in [0.3, 0.4) is 0 Å². The van der Waals surface area contributed by atoms with Crippen LogP contribution in [0.5, 0.6) is 11.5 Å². The zero-order valence-corrected chi connectivity index (χ0v) is 64.1. The van der Waals surface area contributed by atoms with Gasteiger partial charge in [-0.25, -0.2) is 0 Å². The maximum Gasteiger partial charge on any atom is 0.119 e. The van der Waals surface area contributed by atoms with Gasteiger partial charge in [0, 0.05) is 60.6 Å². The second-order valence-corrected chi connectivity index (χ2v) is 32.5. The van der Waals surface area contributed by atoms with Gasteiger partial charge in [0.25, 0.3) is 0 Å². The van der Waals surface area contributed by atoms with Crippen molar-refractivity contribution in [1.29, 1.82) is 10.5 Å². The van der Waals surface area contributed by atoms with Crippen LogP contribution in [0.4, 0.5) is 0 Å². The van der Waals surface area contributed by atoms with E-state index >= 15 is 0 Å². The van der Waals surface area contributed by atoms with Crippen molar-refractivity contribution in [3.63, 3.8) is 0 Å². The Morgan fingerprint density at radius 2 is 0.667 bits per heavy atom. The quantitative estimate of drug-likeness (QED) is 0.0281. The van der Waals surface area contributed by atoms with E-state index in [1.807, 2.05) is 69.6 Å². The predicted octanol–water partition coefficient (Wildman–Crippen LogP) is 30.5. The first kappa shape index (κ1) is 78.4. The van der Waals surface area contributed by atoms with Gasteiger partial charge in [0.1, 0.15) is 11.5 Å². The normalized spacial score (nSPS) is 12.7. The standard InChI is InChI=1S/C88H124N2O2S4/c1-7-13-17-19-21-23-25-27-29-31-33-35-37-39-41-43-59-91-75-51-47-71(48-52-75)73(67-89)63-79-65-81-85(83-57-55-77(93-83)61-69(11-5)45-15-9-3)88-82(86(87(81)95-79)84-58-56-78(94-84)62-70(12-6)46-16-10-4)66-80(96-88)64-74(68-90)72-49-53-76(54-50-72)92-60-44-42-40-38-36-34-32-30-28-26-24-22-20-18-14-8-2/h47-58,63-66,69-70H,7-46,59-62H2,1-6H3/b73-63+,74-64+. The van der Waals surface area contributed by atoms with E-state index in [0.29, 0.717) is 23.0 Å². The van der Waals surface area contributed by atoms with Crippen molar-refractivity contribution in [3.05, 3.63) is 116 Å². The zero-order valence-electron chi connectivity index (χ0n) is 60.8. The number of hydrogen-bond acceptors (Lipinski definition) is 8. The van der Waals surface area contributed by atoms with Crippen LogP contribution in [-0.4, -0.2) is 13.2 Å². The first-order valence-electron chi connectivity index (χ1n) is 39.2. The predicted molar refractivity (Wildman–Crippen MR) is 428 cm³/mol. The van der Waals surface area contributed by atoms with E-state index in [9.17, 15) is 10.5 Å². The summed E-state index contributed by atoms with van der Waals surface area (Å²) in [7, 11) is 0. The third kappa shape index (κ3) is 27.3. The van der Waals surface area contributed by atoms with Crippen LogP contribution in [-0.2, 0) is 12.8 Å². The van der Waals surface area contributed by atoms with Gasteiger partial charge in [-0.15, -0.1) is 45.3 Å². The number of nitrogens with zero attached hydrogens (tertiary/aromatic N) is 2. The van der Waals surface area contributed by atoms with Crippen molar-refractivity contribution in [2.24, 2.45) is 11.8 Å². The number of rotatable bonds is 54. The van der Waals surface area contributed by atoms with Crippen molar-refractivity contribution >= 4 is 88.8 Å². The van der Waals surface area contributed by atoms with Crippen LogP contribution in [0.1, 0.15) is 329 Å². The largest absolute Gasteiger partial charge is 0.494 e. The summed E-state index contributed by atoms with van der Waals surface area (Å²) in [4.78, 5) is 7.58. The maximum atomic E-state index is 10.9. The SMILES string of the molecule is CCCCCCCCCCCCCCCCCCOc1ccc(/C(C#N)=C/c2cc3c(-c4ccc(CC(CC)CCCC)s4)c4sc(/C=C(\C#N)c5ccc(OCCCCCCCCCCCCCCCCCC)cc5)cc4c(-c4ccc(CC(CC)CCCC)s4)c3s2)cc1. The Kier molecular flexibility index (Phi) is 38.5. The van der Waals surface area contributed by atoms with Crippen LogP contribution in [0.25, 0.3) is 64.4 Å². The van der Waals surface area contributed by atoms with Crippen LogP contribution in [0.2, 0.25) is 0 Å². The smallest absolute Gasteiger partial charge is 0.119 e. The van der Waals surface area contributed by atoms with E-state index in [0.717, 1.165) is 71.3 Å². The second-order valence-electron chi connectivity index (χ2n) is 28.0. The highest BCUT2D eigenvalue weighted by Gasteiger charge is 2.25. The minimum atomic E-state index is 0.648. The lowest BCUT2D eigenvalue weighted by molar-refractivity contribution is 0.304. The van der Waals surface area contributed by atoms with Crippen LogP contribution >= 0.6 is 45.3 Å². The number of unbranched alkanes of at least 4 members (excludes halogenated alkanes) is 32. The molecule has 8 heteroatoms. The minimum absolute atomic E-state index is 0.648. The lowest BCUT2D eigenvalue weighted by Crippen LogP contribution is -2.01. The molecule has 3 aromatic carbocycles. The summed E-state index contributed by atoms with van der Waals surface area (Å²) < 4.78 is 15.0. The molecule has 2 atom stereocenters. The van der Waals surface area contributed by atoms with Crippen molar-refractivity contribution in [3.8, 4) is 44.5 Å². The molecule has 4 nitrogen and oxygen atoms in total. The van der Waals surface area contributed by atoms with Gasteiger partial charge in [-0.2, -0.15) is 10.5 Å². The molecule has 7 aromatic rings. The number of hydrogen-bond donors (Lipinski definition) is 0. The van der Waals surface area contributed by atoms with E-state index in [4.69, 9.17) is 9.47 Å². The van der Waals surface area contributed by atoms with Crippen molar-refractivity contribution in [2.75, 3.05) is 13.2 Å². The average molecular weight is 1370 g/mol. The number of thiophene rings is 4. The molecule has 0 spiro atoms. The van der Waals surface area contributed by atoms with E-state index in [1.165, 1.54) is 295 Å². The summed E-state index contributed by atoms with van der Waals surface area (Å²) in [5, 5.41) is 24.3. The summed E-state index contributed by atoms with van der Waals surface area (Å²) in [6.45, 7) is 15.3. The molecule has 0 amide bonds. The molecule has 2 unspecified atom stereocenters. The highest BCUT2D eigenvalue weighted by molar-refractivity contribution is 7.24. The number of benzene rings is 3. The molecule has 0 fully saturated rings. The fourth-order valence-corrected chi connectivity index (χ4v) is 18.8. The summed E-state index contributed by atoms with van der Waals surface area (Å²) >= 11 is 7.52. The second kappa shape index (κ2) is 47.2. The van der Waals surface area contributed by atoms with Gasteiger partial charge in [0.05, 0.1) is 36.5 Å². The monoisotopic (exact) mass is 1370 g/mol. The summed E-state index contributed by atoms with van der Waals surface area (Å²) in [5.41, 5.74) is 5.62. The van der Waals surface area contributed by atoms with E-state index in [2.05, 4.69) is 126 Å². The third-order valence-corrected chi connectivity index (χ3v) is 24.5. The Morgan fingerprint density at radius 3 is 0.958 bits per heavy atom. The molecule has 0 radical (unpaired) electrons. The van der Waals surface area contributed by atoms with Gasteiger partial charge in [-0.05, 0) is 146 Å². The molecule has 4 heterocycles. The first-order chi connectivity index (χ1) is 47.3. The van der Waals surface area contributed by atoms with Gasteiger partial charge in [0.15, 0.2) is 0 Å². The number of allylic oxidation sites excluding steroid dienone is 2. The van der Waals surface area contributed by atoms with Crippen molar-refractivity contribution in [2.45, 2.75) is 311 Å². The number of fused-ring (bicyclic) bond motifs is 2. The molecule has 522 valence electrons. The summed E-state index contributed by atoms with van der Waals surface area (Å²) in [5.74, 6) is 3.05. The molecular weight excluding hydrogens is 1250 g/mol. The topological polar surface area (TPSA) is 66.0 Å². The lowest BCUT2D eigenvalue weighted by Gasteiger charge is -2.13. The average Bonchev–Trinajstić information content (AvgIpc) is 1.55. The Hall–Kier alpha value is -4.96. The van der Waals surface area contributed by atoms with Crippen molar-refractivity contribution in [1.82, 2.24) is 0 Å². The molecular formula is C88H124N2O2S4. The van der Waals surface area contributed by atoms with Gasteiger partial charge in [0.2, 0.25) is 0 Å². The van der Waals surface area contributed by atoms with Gasteiger partial charge >= 0.3 is 0 Å². The fraction of sp³-hybridized carbons (Fsp3) is 0.591. The maximum absolute atomic E-state index is 10.9. The minimum Gasteiger partial charge on any atom is -0.494 e. The Morgan fingerprint density at radius 1 is 0.365 bits per heavy atom. The molecule has 0 saturated heterocycles. The van der Waals surface area contributed by atoms with Gasteiger partial charge < -0.3 is 9.47 Å². The van der Waals surface area contributed by atoms with Crippen LogP contribution in [0.15, 0.2) is 84.9 Å². The van der Waals surface area contributed by atoms with Crippen molar-refractivity contribution < 1.29 is 9.47 Å². The molecule has 0 aliphatic carbocycles. The molecule has 7 rings (SSSR count). The number of ether oxygens (including phenoxy) is 2. The van der Waals surface area contributed by atoms with Gasteiger partial charge in [-0.3, -0.25) is 0 Å². The molecule has 0 bridgehead atoms. The lowest BCUT2D eigenvalue weighted by atomic mass is 9.95. The molecule has 0 saturated carbocycles. The Labute approximate surface area is 600 Å². The highest BCUT2D eigenvalue weighted by atomic mass is 32.1. The van der Waals surface area contributed by atoms with Crippen LogP contribution in [0, 0.1) is 34.5 Å². The Bertz CT molecular complexity index is 3090. The summed E-state index contributed by atoms with van der Waals surface area (Å²) in [6.07, 6.45) is 59.7. The molecule has 4 aromatic heterocycles. The van der Waals surface area contributed by atoms with E-state index in [1.54, 1.807) is 0 Å². The van der Waals surface area contributed by atoms with E-state index < -0.39 is 0 Å². The molecule has 0 aliphatic heterocycles. The fourth-order valence-electron chi connectivity index (χ4n) is 13.9. The number of nitriles is 2.